The van der Waals surface area contributed by atoms with Gasteiger partial charge in [-0.3, -0.25) is 4.79 Å². The number of Topliss-reactive ketones (excluding diaryl/α,β-unsaturated/α-hetero) is 1. The number of nitrogens with zero attached hydrogens (tertiary/aromatic N) is 1. The molecule has 2 aromatic carbocycles. The van der Waals surface area contributed by atoms with Crippen LogP contribution in [0.4, 0.5) is 11.4 Å². The Morgan fingerprint density at radius 1 is 1.05 bits per heavy atom. The molecule has 1 aromatic heterocycles. The molecule has 0 aliphatic heterocycles. The summed E-state index contributed by atoms with van der Waals surface area (Å²) in [4.78, 5) is 11.4. The fourth-order valence-corrected chi connectivity index (χ4v) is 2.34. The number of benzene rings is 2. The number of carbonyl (C=O) groups is 1. The van der Waals surface area contributed by atoms with E-state index in [1.54, 1.807) is 6.92 Å². The van der Waals surface area contributed by atoms with Gasteiger partial charge in [0.15, 0.2) is 5.78 Å². The van der Waals surface area contributed by atoms with Crippen molar-refractivity contribution in [1.82, 2.24) is 4.57 Å². The molecule has 0 radical (unpaired) electrons. The van der Waals surface area contributed by atoms with Crippen molar-refractivity contribution in [3.63, 3.8) is 0 Å². The van der Waals surface area contributed by atoms with Crippen molar-refractivity contribution in [2.45, 2.75) is 6.92 Å². The highest BCUT2D eigenvalue weighted by Gasteiger charge is 2.03. The number of carbonyl (C=O) groups excluding carboxylic acids is 1. The molecule has 0 atom stereocenters. The van der Waals surface area contributed by atoms with Gasteiger partial charge in [-0.1, -0.05) is 12.1 Å². The quantitative estimate of drug-likeness (QED) is 0.722. The summed E-state index contributed by atoms with van der Waals surface area (Å²) >= 11 is 0. The Bertz CT molecular complexity index is 787. The summed E-state index contributed by atoms with van der Waals surface area (Å²) in [5.41, 5.74) is 3.86. The zero-order valence-corrected chi connectivity index (χ0v) is 11.6. The number of aromatic nitrogens is 1. The number of ketones is 1. The molecule has 0 spiro atoms. The molecule has 1 heterocycles. The van der Waals surface area contributed by atoms with E-state index in [1.165, 1.54) is 10.9 Å². The number of hydrogen-bond donors (Lipinski definition) is 1. The Kier molecular flexibility index (Phi) is 3.03. The van der Waals surface area contributed by atoms with Gasteiger partial charge in [-0.25, -0.2) is 0 Å². The van der Waals surface area contributed by atoms with E-state index in [-0.39, 0.29) is 5.78 Å². The smallest absolute Gasteiger partial charge is 0.159 e. The first-order valence-corrected chi connectivity index (χ1v) is 6.56. The number of rotatable bonds is 3. The molecule has 0 bridgehead atoms. The van der Waals surface area contributed by atoms with Gasteiger partial charge < -0.3 is 9.88 Å². The maximum atomic E-state index is 11.4. The fraction of sp³-hybridized carbons (Fsp3) is 0.118. The summed E-state index contributed by atoms with van der Waals surface area (Å²) in [7, 11) is 2.03. The molecular weight excluding hydrogens is 248 g/mol. The average molecular weight is 264 g/mol. The van der Waals surface area contributed by atoms with Gasteiger partial charge in [-0.2, -0.15) is 0 Å². The molecule has 20 heavy (non-hydrogen) atoms. The van der Waals surface area contributed by atoms with Gasteiger partial charge in [0.05, 0.1) is 0 Å². The van der Waals surface area contributed by atoms with Crippen LogP contribution in [-0.4, -0.2) is 10.4 Å². The van der Waals surface area contributed by atoms with Crippen LogP contribution in [0.15, 0.2) is 54.7 Å². The van der Waals surface area contributed by atoms with Crippen molar-refractivity contribution in [2.24, 2.45) is 7.05 Å². The van der Waals surface area contributed by atoms with E-state index in [1.807, 2.05) is 43.6 Å². The lowest BCUT2D eigenvalue weighted by atomic mass is 10.1. The average Bonchev–Trinajstić information content (AvgIpc) is 2.80. The van der Waals surface area contributed by atoms with Crippen molar-refractivity contribution in [2.75, 3.05) is 5.32 Å². The van der Waals surface area contributed by atoms with E-state index in [4.69, 9.17) is 0 Å². The third-order valence-corrected chi connectivity index (χ3v) is 3.44. The molecular formula is C17H16N2O. The van der Waals surface area contributed by atoms with Gasteiger partial charge >= 0.3 is 0 Å². The standard InChI is InChI=1S/C17H16N2O/c1-12(20)13-4-3-5-15(10-13)18-16-6-7-17-14(11-16)8-9-19(17)2/h3-11,18H,1-2H3. The van der Waals surface area contributed by atoms with Crippen molar-refractivity contribution >= 4 is 28.1 Å². The number of hydrogen-bond acceptors (Lipinski definition) is 2. The highest BCUT2D eigenvalue weighted by atomic mass is 16.1. The van der Waals surface area contributed by atoms with Crippen LogP contribution in [0.1, 0.15) is 17.3 Å². The third-order valence-electron chi connectivity index (χ3n) is 3.44. The number of fused-ring (bicyclic) bond motifs is 1. The van der Waals surface area contributed by atoms with Crippen LogP contribution in [-0.2, 0) is 7.05 Å². The molecule has 3 nitrogen and oxygen atoms in total. The summed E-state index contributed by atoms with van der Waals surface area (Å²) in [6, 6.07) is 15.9. The summed E-state index contributed by atoms with van der Waals surface area (Å²) in [6.07, 6.45) is 2.05. The minimum Gasteiger partial charge on any atom is -0.355 e. The second-order valence-corrected chi connectivity index (χ2v) is 4.96. The molecule has 3 heteroatoms. The van der Waals surface area contributed by atoms with E-state index in [0.717, 1.165) is 16.9 Å². The van der Waals surface area contributed by atoms with Crippen LogP contribution in [0, 0.1) is 0 Å². The minimum atomic E-state index is 0.0761. The van der Waals surface area contributed by atoms with Crippen molar-refractivity contribution in [3.05, 3.63) is 60.3 Å². The molecule has 0 saturated carbocycles. The first kappa shape index (κ1) is 12.5. The van der Waals surface area contributed by atoms with Crippen molar-refractivity contribution in [3.8, 4) is 0 Å². The Balaban J connectivity index is 1.92. The first-order valence-electron chi connectivity index (χ1n) is 6.56. The molecule has 0 unspecified atom stereocenters. The fourth-order valence-electron chi connectivity index (χ4n) is 2.34. The van der Waals surface area contributed by atoms with Crippen molar-refractivity contribution < 1.29 is 4.79 Å². The van der Waals surface area contributed by atoms with Gasteiger partial charge in [0.1, 0.15) is 0 Å². The monoisotopic (exact) mass is 264 g/mol. The van der Waals surface area contributed by atoms with E-state index in [2.05, 4.69) is 28.1 Å². The molecule has 3 rings (SSSR count). The lowest BCUT2D eigenvalue weighted by Gasteiger charge is -2.08. The molecule has 3 aromatic rings. The third kappa shape index (κ3) is 2.30. The predicted molar refractivity (Wildman–Crippen MR) is 82.6 cm³/mol. The molecule has 0 amide bonds. The van der Waals surface area contributed by atoms with Gasteiger partial charge in [-0.05, 0) is 43.3 Å². The van der Waals surface area contributed by atoms with Crippen LogP contribution in [0.2, 0.25) is 0 Å². The second-order valence-electron chi connectivity index (χ2n) is 4.96. The summed E-state index contributed by atoms with van der Waals surface area (Å²) in [5.74, 6) is 0.0761. The molecule has 100 valence electrons. The van der Waals surface area contributed by atoms with E-state index < -0.39 is 0 Å². The molecule has 0 saturated heterocycles. The molecule has 1 N–H and O–H groups in total. The zero-order valence-electron chi connectivity index (χ0n) is 11.6. The predicted octanol–water partition coefficient (Wildman–Crippen LogP) is 4.12. The number of aryl methyl sites for hydroxylation is 1. The number of nitrogens with one attached hydrogen (secondary N) is 1. The Labute approximate surface area is 117 Å². The summed E-state index contributed by atoms with van der Waals surface area (Å²) in [6.45, 7) is 1.58. The van der Waals surface area contributed by atoms with Gasteiger partial charge in [0.25, 0.3) is 0 Å². The zero-order chi connectivity index (χ0) is 14.1. The highest BCUT2D eigenvalue weighted by Crippen LogP contribution is 2.23. The van der Waals surface area contributed by atoms with Gasteiger partial charge in [0, 0.05) is 41.1 Å². The Hall–Kier alpha value is -2.55. The van der Waals surface area contributed by atoms with E-state index in [0.29, 0.717) is 0 Å². The van der Waals surface area contributed by atoms with E-state index in [9.17, 15) is 4.79 Å². The first-order chi connectivity index (χ1) is 9.63. The molecule has 0 fully saturated rings. The van der Waals surface area contributed by atoms with Crippen LogP contribution >= 0.6 is 0 Å². The molecule has 0 aliphatic rings. The van der Waals surface area contributed by atoms with Crippen LogP contribution in [0.3, 0.4) is 0 Å². The largest absolute Gasteiger partial charge is 0.355 e. The topological polar surface area (TPSA) is 34.0 Å². The van der Waals surface area contributed by atoms with Crippen molar-refractivity contribution in [1.29, 1.82) is 0 Å². The highest BCUT2D eigenvalue weighted by molar-refractivity contribution is 5.95. The molecule has 0 aliphatic carbocycles. The van der Waals surface area contributed by atoms with Gasteiger partial charge in [-0.15, -0.1) is 0 Å². The van der Waals surface area contributed by atoms with E-state index >= 15 is 0 Å². The normalized spacial score (nSPS) is 10.7. The van der Waals surface area contributed by atoms with Gasteiger partial charge in [0.2, 0.25) is 0 Å². The lowest BCUT2D eigenvalue weighted by molar-refractivity contribution is 0.101. The maximum Gasteiger partial charge on any atom is 0.159 e. The lowest BCUT2D eigenvalue weighted by Crippen LogP contribution is -1.95. The van der Waals surface area contributed by atoms with Crippen LogP contribution in [0.25, 0.3) is 10.9 Å². The Morgan fingerprint density at radius 2 is 1.85 bits per heavy atom. The van der Waals surface area contributed by atoms with Crippen LogP contribution < -0.4 is 5.32 Å². The maximum absolute atomic E-state index is 11.4. The van der Waals surface area contributed by atoms with Crippen LogP contribution in [0.5, 0.6) is 0 Å². The second kappa shape index (κ2) is 4.85. The Morgan fingerprint density at radius 3 is 2.65 bits per heavy atom. The minimum absolute atomic E-state index is 0.0761. The number of anilines is 2. The summed E-state index contributed by atoms with van der Waals surface area (Å²) in [5, 5.41) is 4.53. The summed E-state index contributed by atoms with van der Waals surface area (Å²) < 4.78 is 2.09. The SMILES string of the molecule is CC(=O)c1cccc(Nc2ccc3c(ccn3C)c2)c1.